The van der Waals surface area contributed by atoms with Gasteiger partial charge in [-0.2, -0.15) is 0 Å². The zero-order valence-electron chi connectivity index (χ0n) is 13.9. The Balaban J connectivity index is 2.28. The molecule has 0 aliphatic rings. The predicted molar refractivity (Wildman–Crippen MR) is 97.3 cm³/mol. The number of ether oxygens (including phenoxy) is 1. The van der Waals surface area contributed by atoms with Crippen molar-refractivity contribution >= 4 is 34.8 Å². The predicted octanol–water partition coefficient (Wildman–Crippen LogP) is 3.31. The molecule has 0 aliphatic heterocycles. The summed E-state index contributed by atoms with van der Waals surface area (Å²) in [6, 6.07) is 11.3. The Bertz CT molecular complexity index is 760. The van der Waals surface area contributed by atoms with Gasteiger partial charge < -0.3 is 20.5 Å². The van der Waals surface area contributed by atoms with E-state index in [-0.39, 0.29) is 5.91 Å². The molecule has 0 radical (unpaired) electrons. The van der Waals surface area contributed by atoms with E-state index >= 15 is 0 Å². The second-order valence-electron chi connectivity index (χ2n) is 5.27. The van der Waals surface area contributed by atoms with Crippen LogP contribution in [0.5, 0.6) is 5.75 Å². The Morgan fingerprint density at radius 1 is 1.12 bits per heavy atom. The maximum Gasteiger partial charge on any atom is 0.255 e. The third-order valence-electron chi connectivity index (χ3n) is 3.29. The Morgan fingerprint density at radius 3 is 2.40 bits per heavy atom. The summed E-state index contributed by atoms with van der Waals surface area (Å²) in [7, 11) is 0. The Kier molecular flexibility index (Phi) is 6.38. The Labute approximate surface area is 150 Å². The van der Waals surface area contributed by atoms with Crippen molar-refractivity contribution in [3.8, 4) is 5.75 Å². The van der Waals surface area contributed by atoms with Crippen molar-refractivity contribution in [1.82, 2.24) is 0 Å². The van der Waals surface area contributed by atoms with Gasteiger partial charge in [-0.25, -0.2) is 0 Å². The molecule has 1 atom stereocenters. The second kappa shape index (κ2) is 8.50. The molecule has 2 amide bonds. The van der Waals surface area contributed by atoms with Crippen LogP contribution in [0.25, 0.3) is 0 Å². The van der Waals surface area contributed by atoms with Crippen molar-refractivity contribution in [2.45, 2.75) is 20.0 Å². The van der Waals surface area contributed by atoms with Gasteiger partial charge in [-0.15, -0.1) is 0 Å². The summed E-state index contributed by atoms with van der Waals surface area (Å²) < 4.78 is 5.43. The van der Waals surface area contributed by atoms with Gasteiger partial charge in [0.05, 0.1) is 18.0 Å². The second-order valence-corrected chi connectivity index (χ2v) is 5.70. The standard InChI is InChI=1S/C18H19ClN2O4/c1-3-25-14-8-9-15(20-17(23)11(2)22)16(10-14)21-18(24)12-4-6-13(19)7-5-12/h4-11,22H,3H2,1-2H3,(H,20,23)(H,21,24). The van der Waals surface area contributed by atoms with Crippen molar-refractivity contribution in [3.63, 3.8) is 0 Å². The summed E-state index contributed by atoms with van der Waals surface area (Å²) in [5.74, 6) is -0.395. The fraction of sp³-hybridized carbons (Fsp3) is 0.222. The van der Waals surface area contributed by atoms with Crippen LogP contribution in [0.3, 0.4) is 0 Å². The van der Waals surface area contributed by atoms with Crippen LogP contribution in [0.4, 0.5) is 11.4 Å². The normalized spacial score (nSPS) is 11.5. The molecule has 2 aromatic carbocycles. The number of aliphatic hydroxyl groups excluding tert-OH is 1. The minimum absolute atomic E-state index is 0.358. The number of amides is 2. The monoisotopic (exact) mass is 362 g/mol. The van der Waals surface area contributed by atoms with E-state index < -0.39 is 12.0 Å². The molecule has 0 saturated carbocycles. The lowest BCUT2D eigenvalue weighted by atomic mass is 10.2. The van der Waals surface area contributed by atoms with Crippen molar-refractivity contribution in [1.29, 1.82) is 0 Å². The molecule has 0 spiro atoms. The first-order chi connectivity index (χ1) is 11.9. The highest BCUT2D eigenvalue weighted by Crippen LogP contribution is 2.28. The van der Waals surface area contributed by atoms with E-state index in [1.807, 2.05) is 6.92 Å². The molecular weight excluding hydrogens is 344 g/mol. The van der Waals surface area contributed by atoms with Gasteiger partial charge in [0.15, 0.2) is 0 Å². The van der Waals surface area contributed by atoms with E-state index in [1.54, 1.807) is 42.5 Å². The highest BCUT2D eigenvalue weighted by molar-refractivity contribution is 6.30. The molecule has 7 heteroatoms. The average Bonchev–Trinajstić information content (AvgIpc) is 2.57. The molecule has 1 unspecified atom stereocenters. The minimum Gasteiger partial charge on any atom is -0.494 e. The van der Waals surface area contributed by atoms with E-state index in [0.29, 0.717) is 34.3 Å². The van der Waals surface area contributed by atoms with E-state index in [1.165, 1.54) is 6.92 Å². The first kappa shape index (κ1) is 18.8. The van der Waals surface area contributed by atoms with Gasteiger partial charge in [-0.1, -0.05) is 11.6 Å². The molecule has 6 nitrogen and oxygen atoms in total. The highest BCUT2D eigenvalue weighted by atomic mass is 35.5. The van der Waals surface area contributed by atoms with Crippen LogP contribution in [-0.2, 0) is 4.79 Å². The first-order valence-corrected chi connectivity index (χ1v) is 8.11. The number of carbonyl (C=O) groups excluding carboxylic acids is 2. The molecule has 0 aliphatic carbocycles. The number of anilines is 2. The van der Waals surface area contributed by atoms with Crippen LogP contribution in [-0.4, -0.2) is 29.6 Å². The highest BCUT2D eigenvalue weighted by Gasteiger charge is 2.15. The van der Waals surface area contributed by atoms with E-state index in [0.717, 1.165) is 0 Å². The van der Waals surface area contributed by atoms with Gasteiger partial charge in [0.1, 0.15) is 11.9 Å². The SMILES string of the molecule is CCOc1ccc(NC(=O)C(C)O)c(NC(=O)c2ccc(Cl)cc2)c1. The molecule has 0 fully saturated rings. The number of aliphatic hydroxyl groups is 1. The maximum atomic E-state index is 12.4. The van der Waals surface area contributed by atoms with Crippen LogP contribution in [0.2, 0.25) is 5.02 Å². The third-order valence-corrected chi connectivity index (χ3v) is 3.55. The number of carbonyl (C=O) groups is 2. The molecule has 0 aromatic heterocycles. The zero-order chi connectivity index (χ0) is 18.4. The summed E-state index contributed by atoms with van der Waals surface area (Å²) in [5.41, 5.74) is 1.13. The molecule has 0 bridgehead atoms. The number of rotatable bonds is 6. The van der Waals surface area contributed by atoms with Gasteiger partial charge in [0, 0.05) is 16.7 Å². The summed E-state index contributed by atoms with van der Waals surface area (Å²) in [4.78, 5) is 24.2. The number of hydrogen-bond donors (Lipinski definition) is 3. The van der Waals surface area contributed by atoms with Crippen molar-refractivity contribution in [2.75, 3.05) is 17.2 Å². The van der Waals surface area contributed by atoms with E-state index in [9.17, 15) is 14.7 Å². The first-order valence-electron chi connectivity index (χ1n) is 7.73. The van der Waals surface area contributed by atoms with Crippen LogP contribution < -0.4 is 15.4 Å². The van der Waals surface area contributed by atoms with E-state index in [2.05, 4.69) is 10.6 Å². The largest absolute Gasteiger partial charge is 0.494 e. The van der Waals surface area contributed by atoms with Crippen molar-refractivity contribution < 1.29 is 19.4 Å². The van der Waals surface area contributed by atoms with Gasteiger partial charge >= 0.3 is 0 Å². The molecular formula is C18H19ClN2O4. The molecule has 25 heavy (non-hydrogen) atoms. The van der Waals surface area contributed by atoms with Crippen LogP contribution in [0.1, 0.15) is 24.2 Å². The lowest BCUT2D eigenvalue weighted by molar-refractivity contribution is -0.123. The quantitative estimate of drug-likeness (QED) is 0.735. The molecule has 0 saturated heterocycles. The number of halogens is 1. The van der Waals surface area contributed by atoms with Gasteiger partial charge in [-0.05, 0) is 50.2 Å². The molecule has 2 aromatic rings. The summed E-state index contributed by atoms with van der Waals surface area (Å²) in [5, 5.41) is 15.2. The molecule has 0 heterocycles. The van der Waals surface area contributed by atoms with Crippen molar-refractivity contribution in [2.24, 2.45) is 0 Å². The summed E-state index contributed by atoms with van der Waals surface area (Å²) in [6.45, 7) is 3.66. The van der Waals surface area contributed by atoms with E-state index in [4.69, 9.17) is 16.3 Å². The van der Waals surface area contributed by atoms with Crippen LogP contribution in [0, 0.1) is 0 Å². The topological polar surface area (TPSA) is 87.7 Å². The number of benzene rings is 2. The zero-order valence-corrected chi connectivity index (χ0v) is 14.6. The van der Waals surface area contributed by atoms with Gasteiger partial charge in [-0.3, -0.25) is 9.59 Å². The molecule has 2 rings (SSSR count). The van der Waals surface area contributed by atoms with Crippen LogP contribution >= 0.6 is 11.6 Å². The Morgan fingerprint density at radius 2 is 1.80 bits per heavy atom. The molecule has 3 N–H and O–H groups in total. The Hall–Kier alpha value is -2.57. The van der Waals surface area contributed by atoms with Gasteiger partial charge in [0.25, 0.3) is 11.8 Å². The lowest BCUT2D eigenvalue weighted by Crippen LogP contribution is -2.25. The number of nitrogens with one attached hydrogen (secondary N) is 2. The summed E-state index contributed by atoms with van der Waals surface area (Å²) >= 11 is 5.82. The number of hydrogen-bond acceptors (Lipinski definition) is 4. The fourth-order valence-electron chi connectivity index (χ4n) is 2.03. The third kappa shape index (κ3) is 5.20. The molecule has 132 valence electrons. The maximum absolute atomic E-state index is 12.4. The average molecular weight is 363 g/mol. The smallest absolute Gasteiger partial charge is 0.255 e. The summed E-state index contributed by atoms with van der Waals surface area (Å²) in [6.07, 6.45) is -1.17. The van der Waals surface area contributed by atoms with Crippen LogP contribution in [0.15, 0.2) is 42.5 Å². The van der Waals surface area contributed by atoms with Crippen molar-refractivity contribution in [3.05, 3.63) is 53.1 Å². The lowest BCUT2D eigenvalue weighted by Gasteiger charge is -2.15. The fourth-order valence-corrected chi connectivity index (χ4v) is 2.15. The van der Waals surface area contributed by atoms with Gasteiger partial charge in [0.2, 0.25) is 0 Å². The minimum atomic E-state index is -1.17.